The van der Waals surface area contributed by atoms with Gasteiger partial charge in [0.1, 0.15) is 5.82 Å². The maximum Gasteiger partial charge on any atom is 0.253 e. The summed E-state index contributed by atoms with van der Waals surface area (Å²) in [6.07, 6.45) is 1.20. The van der Waals surface area contributed by atoms with Crippen molar-refractivity contribution in [2.45, 2.75) is 19.4 Å². The van der Waals surface area contributed by atoms with E-state index < -0.39 is 0 Å². The van der Waals surface area contributed by atoms with Crippen LogP contribution in [0.25, 0.3) is 0 Å². The second kappa shape index (κ2) is 8.32. The van der Waals surface area contributed by atoms with Crippen LogP contribution in [0.1, 0.15) is 28.8 Å². The lowest BCUT2D eigenvalue weighted by atomic mass is 9.95. The molecule has 2 amide bonds. The first-order valence-electron chi connectivity index (χ1n) is 8.60. The minimum Gasteiger partial charge on any atom is -0.352 e. The largest absolute Gasteiger partial charge is 0.352 e. The number of nitrogens with zero attached hydrogens (tertiary/aromatic N) is 1. The Hall–Kier alpha value is -2.40. The molecule has 0 bridgehead atoms. The SMILES string of the molecule is O=C(NCc1ccccc1F)C1CCN(C(=O)c2ccc(Cl)cc2)CC1. The molecular formula is C20H20ClFN2O2. The Morgan fingerprint density at radius 2 is 1.73 bits per heavy atom. The summed E-state index contributed by atoms with van der Waals surface area (Å²) in [5.74, 6) is -0.619. The number of hydrogen-bond acceptors (Lipinski definition) is 2. The number of halogens is 2. The quantitative estimate of drug-likeness (QED) is 0.888. The van der Waals surface area contributed by atoms with Gasteiger partial charge in [-0.1, -0.05) is 29.8 Å². The van der Waals surface area contributed by atoms with Crippen LogP contribution in [0.3, 0.4) is 0 Å². The van der Waals surface area contributed by atoms with Crippen molar-refractivity contribution in [3.8, 4) is 0 Å². The first-order chi connectivity index (χ1) is 12.5. The molecule has 26 heavy (non-hydrogen) atoms. The van der Waals surface area contributed by atoms with Gasteiger partial charge < -0.3 is 10.2 Å². The molecular weight excluding hydrogens is 355 g/mol. The van der Waals surface area contributed by atoms with Crippen molar-refractivity contribution >= 4 is 23.4 Å². The van der Waals surface area contributed by atoms with Gasteiger partial charge in [0.2, 0.25) is 5.91 Å². The van der Waals surface area contributed by atoms with E-state index in [1.54, 1.807) is 47.4 Å². The zero-order valence-electron chi connectivity index (χ0n) is 14.3. The molecule has 1 N–H and O–H groups in total. The van der Waals surface area contributed by atoms with Crippen LogP contribution < -0.4 is 5.32 Å². The molecule has 2 aromatic carbocycles. The molecule has 1 aliphatic rings. The number of carbonyl (C=O) groups is 2. The standard InChI is InChI=1S/C20H20ClFN2O2/c21-17-7-5-15(6-8-17)20(26)24-11-9-14(10-12-24)19(25)23-13-16-3-1-2-4-18(16)22/h1-8,14H,9-13H2,(H,23,25). The summed E-state index contributed by atoms with van der Waals surface area (Å²) in [5.41, 5.74) is 1.06. The van der Waals surface area contributed by atoms with E-state index in [0.29, 0.717) is 42.1 Å². The molecule has 3 rings (SSSR count). The molecule has 1 saturated heterocycles. The van der Waals surface area contributed by atoms with Gasteiger partial charge in [-0.05, 0) is 43.2 Å². The van der Waals surface area contributed by atoms with E-state index in [-0.39, 0.29) is 30.1 Å². The average Bonchev–Trinajstić information content (AvgIpc) is 2.67. The summed E-state index contributed by atoms with van der Waals surface area (Å²) in [5, 5.41) is 3.38. The van der Waals surface area contributed by atoms with E-state index in [9.17, 15) is 14.0 Å². The van der Waals surface area contributed by atoms with E-state index in [1.807, 2.05) is 0 Å². The van der Waals surface area contributed by atoms with Gasteiger partial charge in [-0.25, -0.2) is 4.39 Å². The lowest BCUT2D eigenvalue weighted by Crippen LogP contribution is -2.43. The molecule has 1 aliphatic heterocycles. The highest BCUT2D eigenvalue weighted by molar-refractivity contribution is 6.30. The van der Waals surface area contributed by atoms with Gasteiger partial charge in [0.05, 0.1) is 0 Å². The molecule has 0 atom stereocenters. The fraction of sp³-hybridized carbons (Fsp3) is 0.300. The molecule has 0 spiro atoms. The Balaban J connectivity index is 1.50. The van der Waals surface area contributed by atoms with E-state index in [1.165, 1.54) is 6.07 Å². The summed E-state index contributed by atoms with van der Waals surface area (Å²) in [6, 6.07) is 13.2. The van der Waals surface area contributed by atoms with Gasteiger partial charge in [-0.15, -0.1) is 0 Å². The highest BCUT2D eigenvalue weighted by Gasteiger charge is 2.27. The van der Waals surface area contributed by atoms with Crippen LogP contribution >= 0.6 is 11.6 Å². The van der Waals surface area contributed by atoms with Crippen LogP contribution in [-0.4, -0.2) is 29.8 Å². The zero-order valence-corrected chi connectivity index (χ0v) is 15.0. The number of benzene rings is 2. The van der Waals surface area contributed by atoms with Gasteiger partial charge in [-0.2, -0.15) is 0 Å². The van der Waals surface area contributed by atoms with E-state index in [0.717, 1.165) is 0 Å². The molecule has 1 heterocycles. The Morgan fingerprint density at radius 3 is 2.38 bits per heavy atom. The third-order valence-electron chi connectivity index (χ3n) is 4.66. The van der Waals surface area contributed by atoms with Gasteiger partial charge in [0, 0.05) is 41.7 Å². The van der Waals surface area contributed by atoms with Crippen molar-refractivity contribution in [2.24, 2.45) is 5.92 Å². The predicted octanol–water partition coefficient (Wildman–Crippen LogP) is 3.65. The maximum atomic E-state index is 13.6. The summed E-state index contributed by atoms with van der Waals surface area (Å²) >= 11 is 5.85. The molecule has 6 heteroatoms. The molecule has 136 valence electrons. The van der Waals surface area contributed by atoms with Crippen molar-refractivity contribution in [1.82, 2.24) is 10.2 Å². The van der Waals surface area contributed by atoms with Crippen molar-refractivity contribution < 1.29 is 14.0 Å². The minimum absolute atomic E-state index is 0.0492. The number of carbonyl (C=O) groups excluding carboxylic acids is 2. The molecule has 0 saturated carbocycles. The summed E-state index contributed by atoms with van der Waals surface area (Å²) in [6.45, 7) is 1.23. The highest BCUT2D eigenvalue weighted by atomic mass is 35.5. The monoisotopic (exact) mass is 374 g/mol. The van der Waals surface area contributed by atoms with Crippen molar-refractivity contribution in [2.75, 3.05) is 13.1 Å². The first-order valence-corrected chi connectivity index (χ1v) is 8.98. The molecule has 4 nitrogen and oxygen atoms in total. The summed E-state index contributed by atoms with van der Waals surface area (Å²) in [7, 11) is 0. The minimum atomic E-state index is -0.323. The topological polar surface area (TPSA) is 49.4 Å². The number of likely N-dealkylation sites (tertiary alicyclic amines) is 1. The molecule has 0 aromatic heterocycles. The molecule has 0 aliphatic carbocycles. The van der Waals surface area contributed by atoms with Gasteiger partial charge >= 0.3 is 0 Å². The normalized spacial score (nSPS) is 14.9. The Morgan fingerprint density at radius 1 is 1.08 bits per heavy atom. The lowest BCUT2D eigenvalue weighted by molar-refractivity contribution is -0.126. The zero-order chi connectivity index (χ0) is 18.5. The maximum absolute atomic E-state index is 13.6. The van der Waals surface area contributed by atoms with Gasteiger partial charge in [0.15, 0.2) is 0 Å². The fourth-order valence-corrected chi connectivity index (χ4v) is 3.21. The van der Waals surface area contributed by atoms with Crippen molar-refractivity contribution in [3.63, 3.8) is 0 Å². The third kappa shape index (κ3) is 4.41. The Kier molecular flexibility index (Phi) is 5.89. The third-order valence-corrected chi connectivity index (χ3v) is 4.91. The number of amides is 2. The van der Waals surface area contributed by atoms with Crippen molar-refractivity contribution in [3.05, 3.63) is 70.5 Å². The molecule has 2 aromatic rings. The van der Waals surface area contributed by atoms with Crippen LogP contribution in [0, 0.1) is 11.7 Å². The highest BCUT2D eigenvalue weighted by Crippen LogP contribution is 2.20. The number of piperidine rings is 1. The predicted molar refractivity (Wildman–Crippen MR) is 98.3 cm³/mol. The first kappa shape index (κ1) is 18.4. The van der Waals surface area contributed by atoms with E-state index in [2.05, 4.69) is 5.32 Å². The Bertz CT molecular complexity index is 787. The fourth-order valence-electron chi connectivity index (χ4n) is 3.09. The summed E-state index contributed by atoms with van der Waals surface area (Å²) < 4.78 is 13.6. The van der Waals surface area contributed by atoms with Crippen molar-refractivity contribution in [1.29, 1.82) is 0 Å². The van der Waals surface area contributed by atoms with Gasteiger partial charge in [0.25, 0.3) is 5.91 Å². The number of nitrogens with one attached hydrogen (secondary N) is 1. The van der Waals surface area contributed by atoms with Crippen LogP contribution in [0.2, 0.25) is 5.02 Å². The van der Waals surface area contributed by atoms with Crippen LogP contribution in [0.4, 0.5) is 4.39 Å². The van der Waals surface area contributed by atoms with Crippen LogP contribution in [0.15, 0.2) is 48.5 Å². The average molecular weight is 375 g/mol. The Labute approximate surface area is 157 Å². The molecule has 0 unspecified atom stereocenters. The summed E-state index contributed by atoms with van der Waals surface area (Å²) in [4.78, 5) is 26.5. The number of hydrogen-bond donors (Lipinski definition) is 1. The van der Waals surface area contributed by atoms with E-state index in [4.69, 9.17) is 11.6 Å². The van der Waals surface area contributed by atoms with E-state index >= 15 is 0 Å². The van der Waals surface area contributed by atoms with Crippen LogP contribution in [0.5, 0.6) is 0 Å². The smallest absolute Gasteiger partial charge is 0.253 e. The van der Waals surface area contributed by atoms with Crippen LogP contribution in [-0.2, 0) is 11.3 Å². The molecule has 1 fully saturated rings. The van der Waals surface area contributed by atoms with Gasteiger partial charge in [-0.3, -0.25) is 9.59 Å². The second-order valence-electron chi connectivity index (χ2n) is 6.38. The lowest BCUT2D eigenvalue weighted by Gasteiger charge is -2.31. The number of rotatable bonds is 4. The molecule has 0 radical (unpaired) electrons. The second-order valence-corrected chi connectivity index (χ2v) is 6.82.